The summed E-state index contributed by atoms with van der Waals surface area (Å²) in [6.07, 6.45) is 6.09. The Hall–Kier alpha value is -1.67. The van der Waals surface area contributed by atoms with Crippen molar-refractivity contribution in [3.05, 3.63) is 65.5 Å². The molecule has 0 atom stereocenters. The van der Waals surface area contributed by atoms with Crippen molar-refractivity contribution in [1.82, 2.24) is 10.3 Å². The van der Waals surface area contributed by atoms with Crippen LogP contribution in [-0.2, 0) is 13.0 Å². The first-order valence-corrected chi connectivity index (χ1v) is 6.50. The third-order valence-electron chi connectivity index (χ3n) is 3.12. The van der Waals surface area contributed by atoms with Crippen LogP contribution in [0.5, 0.6) is 0 Å². The zero-order valence-electron chi connectivity index (χ0n) is 10.9. The van der Waals surface area contributed by atoms with Crippen LogP contribution in [0.3, 0.4) is 0 Å². The van der Waals surface area contributed by atoms with Gasteiger partial charge in [-0.3, -0.25) is 4.98 Å². The van der Waals surface area contributed by atoms with Crippen molar-refractivity contribution in [2.75, 3.05) is 6.54 Å². The second kappa shape index (κ2) is 6.92. The van der Waals surface area contributed by atoms with Crippen LogP contribution in [0.4, 0.5) is 0 Å². The highest BCUT2D eigenvalue weighted by molar-refractivity contribution is 5.21. The molecule has 0 radical (unpaired) electrons. The number of rotatable bonds is 6. The lowest BCUT2D eigenvalue weighted by Gasteiger charge is -2.07. The summed E-state index contributed by atoms with van der Waals surface area (Å²) in [7, 11) is 0. The summed E-state index contributed by atoms with van der Waals surface area (Å²) < 4.78 is 0. The molecular formula is C16H20N2. The molecule has 2 rings (SSSR count). The topological polar surface area (TPSA) is 24.9 Å². The van der Waals surface area contributed by atoms with Crippen LogP contribution in [0.2, 0.25) is 0 Å². The van der Waals surface area contributed by atoms with Crippen LogP contribution in [0.1, 0.15) is 23.1 Å². The molecule has 0 aliphatic carbocycles. The molecule has 2 heteroatoms. The summed E-state index contributed by atoms with van der Waals surface area (Å²) in [5.74, 6) is 0. The lowest BCUT2D eigenvalue weighted by molar-refractivity contribution is 0.646. The molecule has 0 amide bonds. The summed E-state index contributed by atoms with van der Waals surface area (Å²) in [6.45, 7) is 4.08. The number of benzene rings is 1. The zero-order chi connectivity index (χ0) is 12.6. The Morgan fingerprint density at radius 1 is 1.11 bits per heavy atom. The average molecular weight is 240 g/mol. The van der Waals surface area contributed by atoms with E-state index in [1.165, 1.54) is 23.1 Å². The summed E-state index contributed by atoms with van der Waals surface area (Å²) in [4.78, 5) is 4.15. The molecule has 0 unspecified atom stereocenters. The van der Waals surface area contributed by atoms with E-state index >= 15 is 0 Å². The molecule has 0 fully saturated rings. The largest absolute Gasteiger partial charge is 0.313 e. The Morgan fingerprint density at radius 2 is 1.94 bits per heavy atom. The molecule has 94 valence electrons. The number of pyridine rings is 1. The van der Waals surface area contributed by atoms with Crippen molar-refractivity contribution >= 4 is 0 Å². The van der Waals surface area contributed by atoms with E-state index in [4.69, 9.17) is 0 Å². The molecule has 1 aromatic heterocycles. The average Bonchev–Trinajstić information content (AvgIpc) is 2.42. The van der Waals surface area contributed by atoms with Crippen LogP contribution in [0.15, 0.2) is 48.8 Å². The van der Waals surface area contributed by atoms with Gasteiger partial charge in [-0.1, -0.05) is 30.3 Å². The molecule has 0 saturated carbocycles. The fourth-order valence-corrected chi connectivity index (χ4v) is 1.97. The van der Waals surface area contributed by atoms with Gasteiger partial charge in [0.15, 0.2) is 0 Å². The van der Waals surface area contributed by atoms with Gasteiger partial charge in [0.2, 0.25) is 0 Å². The van der Waals surface area contributed by atoms with E-state index in [1.54, 1.807) is 0 Å². The maximum atomic E-state index is 4.15. The van der Waals surface area contributed by atoms with Gasteiger partial charge in [0, 0.05) is 18.9 Å². The smallest absolute Gasteiger partial charge is 0.0315 e. The van der Waals surface area contributed by atoms with E-state index in [0.29, 0.717) is 0 Å². The van der Waals surface area contributed by atoms with Gasteiger partial charge in [-0.05, 0) is 49.1 Å². The number of hydrogen-bond acceptors (Lipinski definition) is 2. The lowest BCUT2D eigenvalue weighted by Crippen LogP contribution is -2.16. The van der Waals surface area contributed by atoms with Crippen molar-refractivity contribution in [2.45, 2.75) is 26.3 Å². The number of aryl methyl sites for hydroxylation is 2. The maximum Gasteiger partial charge on any atom is 0.0315 e. The van der Waals surface area contributed by atoms with Crippen LogP contribution in [-0.4, -0.2) is 11.5 Å². The predicted octanol–water partition coefficient (Wildman–Crippen LogP) is 3.11. The van der Waals surface area contributed by atoms with Crippen LogP contribution >= 0.6 is 0 Å². The van der Waals surface area contributed by atoms with Gasteiger partial charge in [0.05, 0.1) is 0 Å². The number of aromatic nitrogens is 1. The molecule has 0 saturated heterocycles. The molecule has 0 spiro atoms. The molecule has 0 aliphatic rings. The Labute approximate surface area is 109 Å². The SMILES string of the molecule is Cc1ccncc1CNCCCc1ccccc1. The van der Waals surface area contributed by atoms with E-state index in [0.717, 1.165) is 19.5 Å². The van der Waals surface area contributed by atoms with Crippen molar-refractivity contribution < 1.29 is 0 Å². The number of hydrogen-bond donors (Lipinski definition) is 1. The molecule has 2 aromatic rings. The number of nitrogens with zero attached hydrogens (tertiary/aromatic N) is 1. The first-order valence-electron chi connectivity index (χ1n) is 6.50. The summed E-state index contributed by atoms with van der Waals surface area (Å²) in [5.41, 5.74) is 4.01. The normalized spacial score (nSPS) is 10.5. The first kappa shape index (κ1) is 12.8. The molecular weight excluding hydrogens is 220 g/mol. The van der Waals surface area contributed by atoms with Gasteiger partial charge < -0.3 is 5.32 Å². The second-order valence-electron chi connectivity index (χ2n) is 4.57. The predicted molar refractivity (Wildman–Crippen MR) is 75.4 cm³/mol. The quantitative estimate of drug-likeness (QED) is 0.785. The van der Waals surface area contributed by atoms with Crippen LogP contribution in [0, 0.1) is 6.92 Å². The highest BCUT2D eigenvalue weighted by Gasteiger charge is 1.97. The highest BCUT2D eigenvalue weighted by atomic mass is 14.8. The Bertz CT molecular complexity index is 466. The van der Waals surface area contributed by atoms with Crippen molar-refractivity contribution in [1.29, 1.82) is 0 Å². The minimum atomic E-state index is 0.911. The van der Waals surface area contributed by atoms with E-state index in [9.17, 15) is 0 Å². The molecule has 18 heavy (non-hydrogen) atoms. The summed E-state index contributed by atoms with van der Waals surface area (Å²) in [6, 6.07) is 12.7. The highest BCUT2D eigenvalue weighted by Crippen LogP contribution is 2.05. The Kier molecular flexibility index (Phi) is 4.91. The van der Waals surface area contributed by atoms with Gasteiger partial charge in [0.1, 0.15) is 0 Å². The van der Waals surface area contributed by atoms with Gasteiger partial charge in [-0.2, -0.15) is 0 Å². The van der Waals surface area contributed by atoms with Crippen molar-refractivity contribution in [3.63, 3.8) is 0 Å². The minimum absolute atomic E-state index is 0.911. The third kappa shape index (κ3) is 3.97. The van der Waals surface area contributed by atoms with E-state index in [1.807, 2.05) is 12.4 Å². The van der Waals surface area contributed by atoms with E-state index < -0.39 is 0 Å². The third-order valence-corrected chi connectivity index (χ3v) is 3.12. The molecule has 2 nitrogen and oxygen atoms in total. The zero-order valence-corrected chi connectivity index (χ0v) is 10.9. The maximum absolute atomic E-state index is 4.15. The fourth-order valence-electron chi connectivity index (χ4n) is 1.97. The minimum Gasteiger partial charge on any atom is -0.313 e. The molecule has 0 bridgehead atoms. The van der Waals surface area contributed by atoms with Gasteiger partial charge in [0.25, 0.3) is 0 Å². The van der Waals surface area contributed by atoms with E-state index in [2.05, 4.69) is 53.6 Å². The van der Waals surface area contributed by atoms with Gasteiger partial charge in [-0.25, -0.2) is 0 Å². The van der Waals surface area contributed by atoms with Crippen molar-refractivity contribution in [2.24, 2.45) is 0 Å². The molecule has 1 heterocycles. The van der Waals surface area contributed by atoms with E-state index in [-0.39, 0.29) is 0 Å². The molecule has 0 aliphatic heterocycles. The monoisotopic (exact) mass is 240 g/mol. The molecule has 1 N–H and O–H groups in total. The number of nitrogens with one attached hydrogen (secondary N) is 1. The first-order chi connectivity index (χ1) is 8.86. The van der Waals surface area contributed by atoms with Gasteiger partial charge >= 0.3 is 0 Å². The lowest BCUT2D eigenvalue weighted by atomic mass is 10.1. The van der Waals surface area contributed by atoms with Gasteiger partial charge in [-0.15, -0.1) is 0 Å². The van der Waals surface area contributed by atoms with Crippen LogP contribution in [0.25, 0.3) is 0 Å². The Balaban J connectivity index is 1.66. The van der Waals surface area contributed by atoms with Crippen LogP contribution < -0.4 is 5.32 Å². The second-order valence-corrected chi connectivity index (χ2v) is 4.57. The Morgan fingerprint density at radius 3 is 2.72 bits per heavy atom. The molecule has 1 aromatic carbocycles. The fraction of sp³-hybridized carbons (Fsp3) is 0.312. The van der Waals surface area contributed by atoms with Crippen molar-refractivity contribution in [3.8, 4) is 0 Å². The standard InChI is InChI=1S/C16H20N2/c1-14-9-11-18-13-16(14)12-17-10-5-8-15-6-3-2-4-7-15/h2-4,6-7,9,11,13,17H,5,8,10,12H2,1H3. The summed E-state index contributed by atoms with van der Waals surface area (Å²) in [5, 5.41) is 3.47. The summed E-state index contributed by atoms with van der Waals surface area (Å²) >= 11 is 0.